The number of fused-ring (bicyclic) bond motifs is 4. The third kappa shape index (κ3) is 2.71. The van der Waals surface area contributed by atoms with E-state index in [0.717, 1.165) is 21.9 Å². The number of rotatable bonds is 3. The number of urea groups is 1. The van der Waals surface area contributed by atoms with E-state index in [9.17, 15) is 9.59 Å². The van der Waals surface area contributed by atoms with Gasteiger partial charge in [0.1, 0.15) is 0 Å². The number of nitrogens with zero attached hydrogens (tertiary/aromatic N) is 4. The van der Waals surface area contributed by atoms with Crippen LogP contribution in [0.3, 0.4) is 0 Å². The van der Waals surface area contributed by atoms with Gasteiger partial charge in [-0.05, 0) is 16.3 Å². The van der Waals surface area contributed by atoms with Crippen LogP contribution in [0.1, 0.15) is 11.1 Å². The Morgan fingerprint density at radius 2 is 1.69 bits per heavy atom. The average Bonchev–Trinajstić information content (AvgIpc) is 3.39. The quantitative estimate of drug-likeness (QED) is 0.644. The van der Waals surface area contributed by atoms with Gasteiger partial charge in [-0.2, -0.15) is 0 Å². The molecule has 3 aromatic carbocycles. The monoisotopic (exact) mass is 424 g/mol. The van der Waals surface area contributed by atoms with E-state index in [1.54, 1.807) is 18.1 Å². The molecule has 32 heavy (non-hydrogen) atoms. The van der Waals surface area contributed by atoms with Crippen molar-refractivity contribution in [2.75, 3.05) is 7.05 Å². The lowest BCUT2D eigenvalue weighted by molar-refractivity contribution is -0.137. The number of hydrogen-bond acceptors (Lipinski definition) is 5. The van der Waals surface area contributed by atoms with Crippen LogP contribution in [0.2, 0.25) is 0 Å². The van der Waals surface area contributed by atoms with Crippen LogP contribution in [-0.4, -0.2) is 51.9 Å². The molecule has 0 aromatic heterocycles. The van der Waals surface area contributed by atoms with Crippen molar-refractivity contribution in [2.24, 2.45) is 4.99 Å². The van der Waals surface area contributed by atoms with Crippen LogP contribution in [0.15, 0.2) is 84.0 Å². The first-order valence-electron chi connectivity index (χ1n) is 10.5. The largest absolute Gasteiger partial charge is 0.423 e. The molecule has 3 aliphatic rings. The third-order valence-corrected chi connectivity index (χ3v) is 6.22. The molecule has 3 heterocycles. The minimum absolute atomic E-state index is 0.200. The Morgan fingerprint density at radius 1 is 0.938 bits per heavy atom. The molecule has 1 saturated heterocycles. The molecular formula is C25H20N4O3. The highest BCUT2D eigenvalue weighted by atomic mass is 16.5. The zero-order valence-electron chi connectivity index (χ0n) is 17.4. The van der Waals surface area contributed by atoms with Gasteiger partial charge in [-0.15, -0.1) is 0 Å². The molecule has 3 aromatic rings. The summed E-state index contributed by atoms with van der Waals surface area (Å²) in [5, 5.41) is 2.10. The topological polar surface area (TPSA) is 65.5 Å². The zero-order chi connectivity index (χ0) is 21.8. The molecule has 0 aliphatic carbocycles. The van der Waals surface area contributed by atoms with Gasteiger partial charge in [0.2, 0.25) is 0 Å². The van der Waals surface area contributed by atoms with Crippen LogP contribution in [0, 0.1) is 0 Å². The number of carbonyl (C=O) groups excluding carboxylic acids is 2. The molecule has 2 unspecified atom stereocenters. The van der Waals surface area contributed by atoms with E-state index < -0.39 is 12.2 Å². The number of likely N-dealkylation sites (N-methyl/N-ethyl adjacent to an activating group) is 1. The lowest BCUT2D eigenvalue weighted by atomic mass is 10.0. The minimum Gasteiger partial charge on any atom is -0.423 e. The van der Waals surface area contributed by atoms with E-state index in [0.29, 0.717) is 11.8 Å². The summed E-state index contributed by atoms with van der Waals surface area (Å²) in [7, 11) is 1.68. The summed E-state index contributed by atoms with van der Waals surface area (Å²) in [5.74, 6) is 0.356. The van der Waals surface area contributed by atoms with Crippen molar-refractivity contribution >= 4 is 34.5 Å². The van der Waals surface area contributed by atoms with Gasteiger partial charge in [0.05, 0.1) is 12.7 Å². The fraction of sp³-hybridized carbons (Fsp3) is 0.160. The molecule has 0 spiro atoms. The van der Waals surface area contributed by atoms with E-state index >= 15 is 0 Å². The first-order chi connectivity index (χ1) is 15.6. The highest BCUT2D eigenvalue weighted by Crippen LogP contribution is 2.36. The molecule has 0 bridgehead atoms. The number of amides is 3. The number of amidine groups is 1. The highest BCUT2D eigenvalue weighted by Gasteiger charge is 2.54. The van der Waals surface area contributed by atoms with E-state index in [2.05, 4.69) is 4.99 Å². The van der Waals surface area contributed by atoms with Gasteiger partial charge in [0.15, 0.2) is 18.0 Å². The minimum atomic E-state index is -0.649. The van der Waals surface area contributed by atoms with Gasteiger partial charge in [-0.3, -0.25) is 14.6 Å². The lowest BCUT2D eigenvalue weighted by Crippen LogP contribution is -2.63. The fourth-order valence-electron chi connectivity index (χ4n) is 4.56. The molecule has 7 nitrogen and oxygen atoms in total. The number of carbonyl (C=O) groups is 2. The number of benzene rings is 3. The molecule has 2 atom stereocenters. The summed E-state index contributed by atoms with van der Waals surface area (Å²) in [4.78, 5) is 35.8. The van der Waals surface area contributed by atoms with Crippen molar-refractivity contribution in [1.82, 2.24) is 14.7 Å². The molecule has 7 heteroatoms. The second-order valence-corrected chi connectivity index (χ2v) is 8.09. The number of hydrogen-bond donors (Lipinski definition) is 0. The number of aliphatic imine (C=N–C) groups is 1. The van der Waals surface area contributed by atoms with Crippen LogP contribution in [0.25, 0.3) is 16.5 Å². The first kappa shape index (κ1) is 18.6. The van der Waals surface area contributed by atoms with Crippen molar-refractivity contribution in [3.8, 4) is 0 Å². The van der Waals surface area contributed by atoms with Gasteiger partial charge in [0.25, 0.3) is 11.9 Å². The molecule has 6 rings (SSSR count). The molecule has 3 amide bonds. The molecule has 0 saturated carbocycles. The maximum absolute atomic E-state index is 13.6. The van der Waals surface area contributed by atoms with Crippen molar-refractivity contribution < 1.29 is 14.3 Å². The van der Waals surface area contributed by atoms with Crippen LogP contribution in [0.4, 0.5) is 4.79 Å². The van der Waals surface area contributed by atoms with E-state index in [1.165, 1.54) is 9.80 Å². The van der Waals surface area contributed by atoms with Crippen LogP contribution in [0.5, 0.6) is 0 Å². The van der Waals surface area contributed by atoms with E-state index in [4.69, 9.17) is 4.74 Å². The Hall–Kier alpha value is -4.13. The Balaban J connectivity index is 1.34. The van der Waals surface area contributed by atoms with Gasteiger partial charge in [0, 0.05) is 12.6 Å². The second kappa shape index (κ2) is 6.95. The van der Waals surface area contributed by atoms with E-state index in [-0.39, 0.29) is 18.5 Å². The zero-order valence-corrected chi connectivity index (χ0v) is 17.4. The number of imide groups is 1. The normalized spacial score (nSPS) is 22.0. The Bertz CT molecular complexity index is 1310. The summed E-state index contributed by atoms with van der Waals surface area (Å²) in [5.41, 5.74) is 1.83. The van der Waals surface area contributed by atoms with E-state index in [1.807, 2.05) is 72.8 Å². The van der Waals surface area contributed by atoms with Crippen molar-refractivity contribution in [1.29, 1.82) is 0 Å². The molecule has 0 radical (unpaired) electrons. The van der Waals surface area contributed by atoms with Crippen LogP contribution in [-0.2, 0) is 16.1 Å². The summed E-state index contributed by atoms with van der Waals surface area (Å²) < 4.78 is 5.93. The summed E-state index contributed by atoms with van der Waals surface area (Å²) in [6, 6.07) is 22.9. The maximum Gasteiger partial charge on any atom is 0.328 e. The van der Waals surface area contributed by atoms with Crippen LogP contribution < -0.4 is 0 Å². The predicted octanol–water partition coefficient (Wildman–Crippen LogP) is 3.63. The van der Waals surface area contributed by atoms with Gasteiger partial charge in [-0.25, -0.2) is 9.79 Å². The maximum atomic E-state index is 13.6. The first-order valence-corrected chi connectivity index (χ1v) is 10.5. The fourth-order valence-corrected chi connectivity index (χ4v) is 4.56. The SMILES string of the molecule is CN1C(=O)N(Cc2cccc3ccccc23)C(=O)C2C1N=C1OC(c3ccccc3)=CN12. The molecule has 0 N–H and O–H groups in total. The summed E-state index contributed by atoms with van der Waals surface area (Å²) in [6.45, 7) is 0.200. The van der Waals surface area contributed by atoms with Gasteiger partial charge >= 0.3 is 6.03 Å². The molecule has 1 fully saturated rings. The van der Waals surface area contributed by atoms with Crippen LogP contribution >= 0.6 is 0 Å². The second-order valence-electron chi connectivity index (χ2n) is 8.09. The molecule has 158 valence electrons. The Kier molecular flexibility index (Phi) is 4.04. The molecule has 3 aliphatic heterocycles. The van der Waals surface area contributed by atoms with Crippen molar-refractivity contribution in [3.63, 3.8) is 0 Å². The smallest absolute Gasteiger partial charge is 0.328 e. The predicted molar refractivity (Wildman–Crippen MR) is 120 cm³/mol. The summed E-state index contributed by atoms with van der Waals surface area (Å²) in [6.07, 6.45) is 1.19. The van der Waals surface area contributed by atoms with Gasteiger partial charge in [-0.1, -0.05) is 72.8 Å². The van der Waals surface area contributed by atoms with Crippen molar-refractivity contribution in [2.45, 2.75) is 18.8 Å². The lowest BCUT2D eigenvalue weighted by Gasteiger charge is -2.39. The van der Waals surface area contributed by atoms with Crippen molar-refractivity contribution in [3.05, 3.63) is 90.1 Å². The molecular weight excluding hydrogens is 404 g/mol. The Morgan fingerprint density at radius 3 is 2.53 bits per heavy atom. The standard InChI is InChI=1S/C25H20N4O3/c1-27-22-21(28-15-20(32-24(28)26-22)17-9-3-2-4-10-17)23(30)29(25(27)31)14-18-12-7-11-16-8-5-6-13-19(16)18/h2-13,15,21-22H,14H2,1H3. The summed E-state index contributed by atoms with van der Waals surface area (Å²) >= 11 is 0. The Labute approximate surface area is 184 Å². The van der Waals surface area contributed by atoms with Gasteiger partial charge < -0.3 is 9.64 Å². The average molecular weight is 424 g/mol. The third-order valence-electron chi connectivity index (χ3n) is 6.22. The highest BCUT2D eigenvalue weighted by molar-refractivity contribution is 6.05. The number of ether oxygens (including phenoxy) is 1.